The van der Waals surface area contributed by atoms with E-state index in [0.717, 1.165) is 6.26 Å². The van der Waals surface area contributed by atoms with E-state index in [1.54, 1.807) is 0 Å². The summed E-state index contributed by atoms with van der Waals surface area (Å²) < 4.78 is 17.0. The largest absolute Gasteiger partial charge is 0.438 e. The van der Waals surface area contributed by atoms with Crippen LogP contribution in [-0.2, 0) is 0 Å². The third-order valence-corrected chi connectivity index (χ3v) is 1.74. The van der Waals surface area contributed by atoms with Crippen molar-refractivity contribution in [1.29, 1.82) is 0 Å². The number of hydrogen-bond acceptors (Lipinski definition) is 5. The lowest BCUT2D eigenvalue weighted by atomic mass is 10.5. The van der Waals surface area contributed by atoms with Crippen LogP contribution in [0.15, 0.2) is 23.1 Å². The summed E-state index contributed by atoms with van der Waals surface area (Å²) in [6.07, 6.45) is 3.33. The van der Waals surface area contributed by atoms with E-state index in [1.807, 2.05) is 0 Å². The van der Waals surface area contributed by atoms with Crippen LogP contribution in [0.3, 0.4) is 0 Å². The molecule has 6 nitrogen and oxygen atoms in total. The van der Waals surface area contributed by atoms with Gasteiger partial charge in [0.05, 0.1) is 18.1 Å². The van der Waals surface area contributed by atoms with Gasteiger partial charge in [-0.05, 0) is 11.6 Å². The van der Waals surface area contributed by atoms with Crippen LogP contribution >= 0.6 is 11.6 Å². The molecule has 0 aliphatic heterocycles. The standard InChI is InChI=1S/C8H4ClFN4O2/c9-8-11-1-4(2-12-8)13-6(15)7-14-5(10)3-16-7/h1-3H,(H,13,15). The molecule has 2 heterocycles. The maximum absolute atomic E-state index is 12.5. The summed E-state index contributed by atoms with van der Waals surface area (Å²) >= 11 is 5.45. The number of rotatable bonds is 2. The van der Waals surface area contributed by atoms with Crippen molar-refractivity contribution in [3.63, 3.8) is 0 Å². The van der Waals surface area contributed by atoms with E-state index in [4.69, 9.17) is 11.6 Å². The number of halogens is 2. The quantitative estimate of drug-likeness (QED) is 0.808. The van der Waals surface area contributed by atoms with Crippen LogP contribution in [0.1, 0.15) is 10.7 Å². The number of anilines is 1. The van der Waals surface area contributed by atoms with Gasteiger partial charge < -0.3 is 9.73 Å². The summed E-state index contributed by atoms with van der Waals surface area (Å²) in [5.41, 5.74) is 0.299. The van der Waals surface area contributed by atoms with Gasteiger partial charge in [-0.25, -0.2) is 9.97 Å². The Labute approximate surface area is 93.5 Å². The molecule has 0 radical (unpaired) electrons. The molecule has 0 atom stereocenters. The van der Waals surface area contributed by atoms with Crippen molar-refractivity contribution in [2.24, 2.45) is 0 Å². The second-order valence-corrected chi connectivity index (χ2v) is 3.01. The van der Waals surface area contributed by atoms with E-state index >= 15 is 0 Å². The van der Waals surface area contributed by atoms with Gasteiger partial charge in [-0.2, -0.15) is 9.37 Å². The SMILES string of the molecule is O=C(Nc1cnc(Cl)nc1)c1nc(F)co1. The number of nitrogens with zero attached hydrogens (tertiary/aromatic N) is 3. The van der Waals surface area contributed by atoms with Crippen LogP contribution in [0.2, 0.25) is 5.28 Å². The van der Waals surface area contributed by atoms with E-state index in [2.05, 4.69) is 24.7 Å². The molecular weight excluding hydrogens is 239 g/mol. The summed E-state index contributed by atoms with van der Waals surface area (Å²) in [7, 11) is 0. The average Bonchev–Trinajstić information content (AvgIpc) is 2.68. The van der Waals surface area contributed by atoms with Gasteiger partial charge in [-0.1, -0.05) is 0 Å². The third kappa shape index (κ3) is 2.31. The zero-order chi connectivity index (χ0) is 11.5. The van der Waals surface area contributed by atoms with Gasteiger partial charge in [0.2, 0.25) is 5.28 Å². The van der Waals surface area contributed by atoms with Gasteiger partial charge in [0.15, 0.2) is 0 Å². The highest BCUT2D eigenvalue weighted by Gasteiger charge is 2.13. The fraction of sp³-hybridized carbons (Fsp3) is 0. The van der Waals surface area contributed by atoms with Crippen LogP contribution in [0.25, 0.3) is 0 Å². The highest BCUT2D eigenvalue weighted by Crippen LogP contribution is 2.08. The van der Waals surface area contributed by atoms with E-state index in [-0.39, 0.29) is 11.2 Å². The van der Waals surface area contributed by atoms with Crippen molar-refractivity contribution in [3.05, 3.63) is 35.8 Å². The molecule has 16 heavy (non-hydrogen) atoms. The van der Waals surface area contributed by atoms with Crippen molar-refractivity contribution in [2.45, 2.75) is 0 Å². The minimum Gasteiger partial charge on any atom is -0.438 e. The molecule has 0 bridgehead atoms. The average molecular weight is 243 g/mol. The van der Waals surface area contributed by atoms with Crippen LogP contribution in [0.5, 0.6) is 0 Å². The molecule has 0 saturated heterocycles. The molecule has 82 valence electrons. The van der Waals surface area contributed by atoms with Crippen molar-refractivity contribution in [3.8, 4) is 0 Å². The van der Waals surface area contributed by atoms with E-state index < -0.39 is 11.9 Å². The molecule has 1 N–H and O–H groups in total. The highest BCUT2D eigenvalue weighted by molar-refractivity contribution is 6.28. The molecule has 0 saturated carbocycles. The molecule has 0 aliphatic carbocycles. The fourth-order valence-corrected chi connectivity index (χ4v) is 1.02. The maximum atomic E-state index is 12.5. The number of nitrogens with one attached hydrogen (secondary N) is 1. The van der Waals surface area contributed by atoms with Gasteiger partial charge in [0.1, 0.15) is 6.26 Å². The molecular formula is C8H4ClFN4O2. The molecule has 8 heteroatoms. The summed E-state index contributed by atoms with van der Waals surface area (Å²) in [6.45, 7) is 0. The molecule has 2 aromatic rings. The lowest BCUT2D eigenvalue weighted by Gasteiger charge is -2.00. The minimum absolute atomic E-state index is 0.0557. The summed E-state index contributed by atoms with van der Waals surface area (Å²) in [5.74, 6) is -1.94. The number of hydrogen-bond donors (Lipinski definition) is 1. The Morgan fingerprint density at radius 1 is 1.44 bits per heavy atom. The Bertz CT molecular complexity index is 513. The zero-order valence-electron chi connectivity index (χ0n) is 7.65. The van der Waals surface area contributed by atoms with Gasteiger partial charge in [-0.3, -0.25) is 4.79 Å². The normalized spacial score (nSPS) is 10.1. The summed E-state index contributed by atoms with van der Waals surface area (Å²) in [5, 5.41) is 2.41. The Balaban J connectivity index is 2.10. The van der Waals surface area contributed by atoms with Crippen molar-refractivity contribution >= 4 is 23.2 Å². The molecule has 0 spiro atoms. The number of carbonyl (C=O) groups excluding carboxylic acids is 1. The van der Waals surface area contributed by atoms with Crippen LogP contribution < -0.4 is 5.32 Å². The minimum atomic E-state index is -0.863. The fourth-order valence-electron chi connectivity index (χ4n) is 0.920. The predicted molar refractivity (Wildman–Crippen MR) is 51.5 cm³/mol. The monoisotopic (exact) mass is 242 g/mol. The first kappa shape index (κ1) is 10.5. The smallest absolute Gasteiger partial charge is 0.311 e. The molecule has 0 aromatic carbocycles. The Hall–Kier alpha value is -2.02. The first-order valence-corrected chi connectivity index (χ1v) is 4.43. The summed E-state index contributed by atoms with van der Waals surface area (Å²) in [6, 6.07) is 0. The number of oxazole rings is 1. The lowest BCUT2D eigenvalue weighted by molar-refractivity contribution is 0.0990. The van der Waals surface area contributed by atoms with Crippen LogP contribution in [-0.4, -0.2) is 20.9 Å². The van der Waals surface area contributed by atoms with Gasteiger partial charge in [-0.15, -0.1) is 0 Å². The maximum Gasteiger partial charge on any atom is 0.311 e. The topological polar surface area (TPSA) is 80.9 Å². The third-order valence-electron chi connectivity index (χ3n) is 1.55. The molecule has 0 fully saturated rings. The van der Waals surface area contributed by atoms with E-state index in [9.17, 15) is 9.18 Å². The van der Waals surface area contributed by atoms with E-state index in [0.29, 0.717) is 5.69 Å². The first-order valence-electron chi connectivity index (χ1n) is 4.05. The molecule has 2 aromatic heterocycles. The second-order valence-electron chi connectivity index (χ2n) is 2.67. The van der Waals surface area contributed by atoms with Gasteiger partial charge in [0.25, 0.3) is 11.8 Å². The molecule has 0 unspecified atom stereocenters. The van der Waals surface area contributed by atoms with Gasteiger partial charge in [0, 0.05) is 0 Å². The Kier molecular flexibility index (Phi) is 2.78. The second kappa shape index (κ2) is 4.23. The Morgan fingerprint density at radius 3 is 2.69 bits per heavy atom. The number of aromatic nitrogens is 3. The Morgan fingerprint density at radius 2 is 2.12 bits per heavy atom. The molecule has 1 amide bonds. The number of amides is 1. The van der Waals surface area contributed by atoms with Crippen LogP contribution in [0, 0.1) is 5.95 Å². The number of carbonyl (C=O) groups is 1. The van der Waals surface area contributed by atoms with Gasteiger partial charge >= 0.3 is 5.91 Å². The van der Waals surface area contributed by atoms with Crippen molar-refractivity contribution < 1.29 is 13.6 Å². The zero-order valence-corrected chi connectivity index (χ0v) is 8.40. The lowest BCUT2D eigenvalue weighted by Crippen LogP contribution is -2.12. The predicted octanol–water partition coefficient (Wildman–Crippen LogP) is 1.51. The van der Waals surface area contributed by atoms with E-state index in [1.165, 1.54) is 12.4 Å². The highest BCUT2D eigenvalue weighted by atomic mass is 35.5. The molecule has 2 rings (SSSR count). The first-order chi connectivity index (χ1) is 7.65. The summed E-state index contributed by atoms with van der Waals surface area (Å²) in [4.78, 5) is 21.9. The van der Waals surface area contributed by atoms with Crippen molar-refractivity contribution in [1.82, 2.24) is 15.0 Å². The molecule has 0 aliphatic rings. The van der Waals surface area contributed by atoms with Crippen LogP contribution in [0.4, 0.5) is 10.1 Å². The van der Waals surface area contributed by atoms with Crippen molar-refractivity contribution in [2.75, 3.05) is 5.32 Å².